The lowest BCUT2D eigenvalue weighted by Crippen LogP contribution is -2.45. The molecule has 6 atom stereocenters. The lowest BCUT2D eigenvalue weighted by Gasteiger charge is -2.48. The van der Waals surface area contributed by atoms with Gasteiger partial charge in [0.2, 0.25) is 0 Å². The molecule has 1 saturated carbocycles. The highest BCUT2D eigenvalue weighted by atomic mass is 16.5. The van der Waals surface area contributed by atoms with E-state index in [4.69, 9.17) is 4.74 Å². The van der Waals surface area contributed by atoms with Crippen LogP contribution in [0.4, 0.5) is 0 Å². The Hall–Kier alpha value is -1.96. The Morgan fingerprint density at radius 1 is 0.738 bits per heavy atom. The standard InChI is InChI=1S/C36H58N2O4/c1-26-9-11-32(12-10-26)36(20-27(2)19-35(7,8)25-36)33-13-15-34(16-14-33)42-31(6)24-38(23-30(5)41)18-17-37(21-28(3)39)22-29(4)40/h9-16,27-31,39-41H,17-25H2,1-8H3. The highest BCUT2D eigenvalue weighted by Crippen LogP contribution is 2.53. The number of hydrogen-bond acceptors (Lipinski definition) is 6. The number of rotatable bonds is 15. The van der Waals surface area contributed by atoms with E-state index in [9.17, 15) is 15.3 Å². The van der Waals surface area contributed by atoms with Crippen molar-refractivity contribution in [2.75, 3.05) is 39.3 Å². The van der Waals surface area contributed by atoms with E-state index >= 15 is 0 Å². The lowest BCUT2D eigenvalue weighted by molar-refractivity contribution is 0.0578. The smallest absolute Gasteiger partial charge is 0.119 e. The number of nitrogens with zero attached hydrogens (tertiary/aromatic N) is 2. The molecular formula is C36H58N2O4. The number of hydrogen-bond donors (Lipinski definition) is 3. The van der Waals surface area contributed by atoms with Gasteiger partial charge in [0.1, 0.15) is 11.9 Å². The Morgan fingerprint density at radius 3 is 1.64 bits per heavy atom. The SMILES string of the molecule is Cc1ccc(C2(c3ccc(OC(C)CN(CCN(CC(C)O)CC(C)O)CC(C)O)cc3)CC(C)CC(C)(C)C2)cc1. The van der Waals surface area contributed by atoms with Crippen LogP contribution in [-0.4, -0.2) is 88.8 Å². The van der Waals surface area contributed by atoms with Crippen molar-refractivity contribution < 1.29 is 20.1 Å². The van der Waals surface area contributed by atoms with E-state index in [0.29, 0.717) is 45.2 Å². The monoisotopic (exact) mass is 582 g/mol. The normalized spacial score (nSPS) is 23.5. The van der Waals surface area contributed by atoms with Gasteiger partial charge in [-0.25, -0.2) is 0 Å². The molecule has 6 unspecified atom stereocenters. The fourth-order valence-electron chi connectivity index (χ4n) is 7.45. The summed E-state index contributed by atoms with van der Waals surface area (Å²) >= 11 is 0. The molecule has 0 radical (unpaired) electrons. The Labute approximate surface area is 255 Å². The number of aliphatic hydroxyl groups excluding tert-OH is 3. The van der Waals surface area contributed by atoms with Crippen molar-refractivity contribution >= 4 is 0 Å². The van der Waals surface area contributed by atoms with Crippen molar-refractivity contribution in [2.24, 2.45) is 11.3 Å². The minimum absolute atomic E-state index is 0.0168. The predicted molar refractivity (Wildman–Crippen MR) is 173 cm³/mol. The summed E-state index contributed by atoms with van der Waals surface area (Å²) in [4.78, 5) is 4.28. The summed E-state index contributed by atoms with van der Waals surface area (Å²) in [5, 5.41) is 29.9. The average Bonchev–Trinajstić information content (AvgIpc) is 2.85. The van der Waals surface area contributed by atoms with E-state index < -0.39 is 18.3 Å². The maximum absolute atomic E-state index is 10.1. The van der Waals surface area contributed by atoms with Crippen molar-refractivity contribution in [2.45, 2.75) is 104 Å². The molecule has 1 aliphatic rings. The molecule has 3 rings (SSSR count). The summed E-state index contributed by atoms with van der Waals surface area (Å²) in [6.07, 6.45) is 2.05. The molecule has 236 valence electrons. The Bertz CT molecular complexity index is 1060. The van der Waals surface area contributed by atoms with Gasteiger partial charge in [-0.15, -0.1) is 0 Å². The quantitative estimate of drug-likeness (QED) is 0.252. The molecule has 1 fully saturated rings. The van der Waals surface area contributed by atoms with Gasteiger partial charge in [-0.2, -0.15) is 0 Å². The molecule has 2 aromatic carbocycles. The minimum atomic E-state index is -0.466. The van der Waals surface area contributed by atoms with E-state index in [1.807, 2.05) is 0 Å². The zero-order chi connectivity index (χ0) is 31.1. The van der Waals surface area contributed by atoms with Gasteiger partial charge in [0, 0.05) is 44.7 Å². The molecular weight excluding hydrogens is 524 g/mol. The van der Waals surface area contributed by atoms with Crippen LogP contribution in [0.1, 0.15) is 84.4 Å². The van der Waals surface area contributed by atoms with Crippen LogP contribution in [0.15, 0.2) is 48.5 Å². The van der Waals surface area contributed by atoms with E-state index in [-0.39, 0.29) is 16.9 Å². The van der Waals surface area contributed by atoms with Crippen molar-refractivity contribution in [3.63, 3.8) is 0 Å². The zero-order valence-electron chi connectivity index (χ0n) is 27.5. The molecule has 6 heteroatoms. The summed E-state index contributed by atoms with van der Waals surface area (Å²) in [5.41, 5.74) is 4.30. The molecule has 0 heterocycles. The summed E-state index contributed by atoms with van der Waals surface area (Å²) in [7, 11) is 0. The lowest BCUT2D eigenvalue weighted by atomic mass is 9.55. The second-order valence-corrected chi connectivity index (χ2v) is 14.3. The Balaban J connectivity index is 1.73. The third kappa shape index (κ3) is 10.3. The molecule has 0 saturated heterocycles. The van der Waals surface area contributed by atoms with Crippen LogP contribution in [0.3, 0.4) is 0 Å². The van der Waals surface area contributed by atoms with Gasteiger partial charge in [0.25, 0.3) is 0 Å². The summed E-state index contributed by atoms with van der Waals surface area (Å²) in [6, 6.07) is 17.9. The maximum Gasteiger partial charge on any atom is 0.119 e. The second kappa shape index (κ2) is 15.2. The number of aryl methyl sites for hydroxylation is 1. The third-order valence-corrected chi connectivity index (χ3v) is 8.54. The first-order valence-corrected chi connectivity index (χ1v) is 16.0. The van der Waals surface area contributed by atoms with Crippen LogP contribution in [0.5, 0.6) is 5.75 Å². The van der Waals surface area contributed by atoms with E-state index in [1.165, 1.54) is 23.1 Å². The highest BCUT2D eigenvalue weighted by molar-refractivity contribution is 5.43. The Kier molecular flexibility index (Phi) is 12.5. The minimum Gasteiger partial charge on any atom is -0.489 e. The summed E-state index contributed by atoms with van der Waals surface area (Å²) in [6.45, 7) is 20.4. The topological polar surface area (TPSA) is 76.4 Å². The maximum atomic E-state index is 10.1. The van der Waals surface area contributed by atoms with Crippen LogP contribution in [0.25, 0.3) is 0 Å². The van der Waals surface area contributed by atoms with Crippen molar-refractivity contribution in [3.8, 4) is 5.75 Å². The first-order chi connectivity index (χ1) is 19.7. The van der Waals surface area contributed by atoms with Crippen molar-refractivity contribution in [1.29, 1.82) is 0 Å². The predicted octanol–water partition coefficient (Wildman–Crippen LogP) is 5.64. The van der Waals surface area contributed by atoms with Crippen LogP contribution in [-0.2, 0) is 5.41 Å². The number of ether oxygens (including phenoxy) is 1. The summed E-state index contributed by atoms with van der Waals surface area (Å²) in [5.74, 6) is 1.50. The van der Waals surface area contributed by atoms with Gasteiger partial charge in [-0.3, -0.25) is 9.80 Å². The molecule has 0 aliphatic heterocycles. The fourth-order valence-corrected chi connectivity index (χ4v) is 7.45. The molecule has 0 bridgehead atoms. The number of benzene rings is 2. The van der Waals surface area contributed by atoms with Crippen molar-refractivity contribution in [1.82, 2.24) is 9.80 Å². The van der Waals surface area contributed by atoms with Gasteiger partial charge >= 0.3 is 0 Å². The highest BCUT2D eigenvalue weighted by Gasteiger charge is 2.45. The molecule has 6 nitrogen and oxygen atoms in total. The number of aliphatic hydroxyl groups is 3. The summed E-state index contributed by atoms with van der Waals surface area (Å²) < 4.78 is 6.40. The van der Waals surface area contributed by atoms with Crippen LogP contribution < -0.4 is 4.74 Å². The van der Waals surface area contributed by atoms with E-state index in [2.05, 4.69) is 92.9 Å². The molecule has 0 spiro atoms. The van der Waals surface area contributed by atoms with Gasteiger partial charge in [0.05, 0.1) is 18.3 Å². The Morgan fingerprint density at radius 2 is 1.19 bits per heavy atom. The largest absolute Gasteiger partial charge is 0.489 e. The van der Waals surface area contributed by atoms with Gasteiger partial charge in [-0.05, 0) is 88.5 Å². The van der Waals surface area contributed by atoms with Crippen LogP contribution >= 0.6 is 0 Å². The third-order valence-electron chi connectivity index (χ3n) is 8.54. The average molecular weight is 583 g/mol. The van der Waals surface area contributed by atoms with E-state index in [0.717, 1.165) is 18.6 Å². The van der Waals surface area contributed by atoms with Gasteiger partial charge < -0.3 is 20.1 Å². The molecule has 1 aliphatic carbocycles. The first kappa shape index (κ1) is 34.5. The molecule has 0 amide bonds. The first-order valence-electron chi connectivity index (χ1n) is 16.0. The van der Waals surface area contributed by atoms with Crippen molar-refractivity contribution in [3.05, 3.63) is 65.2 Å². The molecule has 0 aromatic heterocycles. The second-order valence-electron chi connectivity index (χ2n) is 14.3. The zero-order valence-corrected chi connectivity index (χ0v) is 27.5. The van der Waals surface area contributed by atoms with E-state index in [1.54, 1.807) is 20.8 Å². The van der Waals surface area contributed by atoms with Crippen LogP contribution in [0.2, 0.25) is 0 Å². The van der Waals surface area contributed by atoms with Gasteiger partial charge in [0.15, 0.2) is 0 Å². The van der Waals surface area contributed by atoms with Gasteiger partial charge in [-0.1, -0.05) is 62.7 Å². The molecule has 3 N–H and O–H groups in total. The molecule has 42 heavy (non-hydrogen) atoms. The fraction of sp³-hybridized carbons (Fsp3) is 0.667. The van der Waals surface area contributed by atoms with Crippen LogP contribution in [0, 0.1) is 18.3 Å². The molecule has 2 aromatic rings.